The second-order valence-corrected chi connectivity index (χ2v) is 4.97. The molecule has 0 aliphatic carbocycles. The SMILES string of the molecule is COC(=O)c1ccccc1NC(=O)COC(=O)COc1ccccc1F. The molecule has 8 heteroatoms. The van der Waals surface area contributed by atoms with Crippen molar-refractivity contribution in [3.05, 3.63) is 59.9 Å². The van der Waals surface area contributed by atoms with E-state index in [9.17, 15) is 18.8 Å². The monoisotopic (exact) mass is 361 g/mol. The highest BCUT2D eigenvalue weighted by Gasteiger charge is 2.15. The Kier molecular flexibility index (Phi) is 6.67. The summed E-state index contributed by atoms with van der Waals surface area (Å²) in [4.78, 5) is 35.1. The largest absolute Gasteiger partial charge is 0.479 e. The highest BCUT2D eigenvalue weighted by molar-refractivity contribution is 6.01. The number of carbonyl (C=O) groups excluding carboxylic acids is 3. The highest BCUT2D eigenvalue weighted by atomic mass is 19.1. The Morgan fingerprint density at radius 1 is 1.00 bits per heavy atom. The topological polar surface area (TPSA) is 90.9 Å². The molecule has 0 fully saturated rings. The highest BCUT2D eigenvalue weighted by Crippen LogP contribution is 2.16. The van der Waals surface area contributed by atoms with Crippen molar-refractivity contribution >= 4 is 23.5 Å². The van der Waals surface area contributed by atoms with Crippen molar-refractivity contribution < 1.29 is 33.0 Å². The van der Waals surface area contributed by atoms with Crippen molar-refractivity contribution in [1.82, 2.24) is 0 Å². The number of hydrogen-bond acceptors (Lipinski definition) is 6. The lowest BCUT2D eigenvalue weighted by Crippen LogP contribution is -2.24. The number of amides is 1. The van der Waals surface area contributed by atoms with Gasteiger partial charge in [0.1, 0.15) is 0 Å². The predicted molar refractivity (Wildman–Crippen MR) is 89.3 cm³/mol. The molecule has 2 rings (SSSR count). The quantitative estimate of drug-likeness (QED) is 0.760. The van der Waals surface area contributed by atoms with Crippen LogP contribution in [-0.4, -0.2) is 38.2 Å². The second-order valence-electron chi connectivity index (χ2n) is 4.97. The van der Waals surface area contributed by atoms with Gasteiger partial charge in [-0.25, -0.2) is 14.0 Å². The summed E-state index contributed by atoms with van der Waals surface area (Å²) in [5.41, 5.74) is 0.389. The summed E-state index contributed by atoms with van der Waals surface area (Å²) >= 11 is 0. The minimum Gasteiger partial charge on any atom is -0.479 e. The van der Waals surface area contributed by atoms with Crippen molar-refractivity contribution in [3.63, 3.8) is 0 Å². The molecule has 26 heavy (non-hydrogen) atoms. The van der Waals surface area contributed by atoms with E-state index in [4.69, 9.17) is 9.47 Å². The van der Waals surface area contributed by atoms with Gasteiger partial charge in [-0.15, -0.1) is 0 Å². The first-order chi connectivity index (χ1) is 12.5. The van der Waals surface area contributed by atoms with E-state index in [-0.39, 0.29) is 17.0 Å². The maximum absolute atomic E-state index is 13.3. The molecular formula is C18H16FNO6. The number of esters is 2. The number of nitrogens with one attached hydrogen (secondary N) is 1. The predicted octanol–water partition coefficient (Wildman–Crippen LogP) is 2.17. The first-order valence-corrected chi connectivity index (χ1v) is 7.51. The fourth-order valence-electron chi connectivity index (χ4n) is 1.95. The van der Waals surface area contributed by atoms with Gasteiger partial charge in [-0.05, 0) is 24.3 Å². The summed E-state index contributed by atoms with van der Waals surface area (Å²) in [6.45, 7) is -1.14. The first-order valence-electron chi connectivity index (χ1n) is 7.51. The fraction of sp³-hybridized carbons (Fsp3) is 0.167. The average Bonchev–Trinajstić information content (AvgIpc) is 2.65. The molecule has 0 aliphatic rings. The van der Waals surface area contributed by atoms with Gasteiger partial charge in [0, 0.05) is 0 Å². The third-order valence-corrected chi connectivity index (χ3v) is 3.15. The molecule has 1 N–H and O–H groups in total. The zero-order valence-electron chi connectivity index (χ0n) is 13.9. The van der Waals surface area contributed by atoms with Crippen LogP contribution in [0.25, 0.3) is 0 Å². The first kappa shape index (κ1) is 18.9. The number of halogens is 1. The summed E-state index contributed by atoms with van der Waals surface area (Å²) in [6.07, 6.45) is 0. The van der Waals surface area contributed by atoms with E-state index in [0.29, 0.717) is 0 Å². The van der Waals surface area contributed by atoms with Crippen molar-refractivity contribution in [3.8, 4) is 5.75 Å². The van der Waals surface area contributed by atoms with Crippen LogP contribution in [0.3, 0.4) is 0 Å². The summed E-state index contributed by atoms with van der Waals surface area (Å²) in [5.74, 6) is -2.82. The fourth-order valence-corrected chi connectivity index (χ4v) is 1.95. The van der Waals surface area contributed by atoms with Gasteiger partial charge in [-0.1, -0.05) is 24.3 Å². The van der Waals surface area contributed by atoms with Crippen molar-refractivity contribution in [2.75, 3.05) is 25.6 Å². The number of hydrogen-bond donors (Lipinski definition) is 1. The molecule has 0 aromatic heterocycles. The lowest BCUT2D eigenvalue weighted by Gasteiger charge is -2.10. The van der Waals surface area contributed by atoms with Crippen LogP contribution in [0.2, 0.25) is 0 Å². The second kappa shape index (κ2) is 9.16. The number of rotatable bonds is 7. The zero-order chi connectivity index (χ0) is 18.9. The number of benzene rings is 2. The van der Waals surface area contributed by atoms with E-state index >= 15 is 0 Å². The maximum Gasteiger partial charge on any atom is 0.344 e. The average molecular weight is 361 g/mol. The summed E-state index contributed by atoms with van der Waals surface area (Å²) in [6, 6.07) is 11.8. The normalized spacial score (nSPS) is 9.92. The molecule has 0 saturated carbocycles. The standard InChI is InChI=1S/C18H16FNO6/c1-24-18(23)12-6-2-4-8-14(12)20-16(21)10-26-17(22)11-25-15-9-5-3-7-13(15)19/h2-9H,10-11H2,1H3,(H,20,21). The van der Waals surface area contributed by atoms with Crippen LogP contribution >= 0.6 is 0 Å². The van der Waals surface area contributed by atoms with Crippen LogP contribution < -0.4 is 10.1 Å². The van der Waals surface area contributed by atoms with E-state index in [2.05, 4.69) is 10.1 Å². The molecule has 2 aromatic carbocycles. The molecule has 136 valence electrons. The van der Waals surface area contributed by atoms with Gasteiger partial charge in [0.15, 0.2) is 24.8 Å². The van der Waals surface area contributed by atoms with Crippen molar-refractivity contribution in [1.29, 1.82) is 0 Å². The molecule has 7 nitrogen and oxygen atoms in total. The van der Waals surface area contributed by atoms with Gasteiger partial charge >= 0.3 is 11.9 Å². The number of para-hydroxylation sites is 2. The minimum absolute atomic E-state index is 0.0964. The van der Waals surface area contributed by atoms with Crippen LogP contribution in [-0.2, 0) is 19.1 Å². The molecule has 0 heterocycles. The van der Waals surface area contributed by atoms with Crippen molar-refractivity contribution in [2.24, 2.45) is 0 Å². The summed E-state index contributed by atoms with van der Waals surface area (Å²) in [7, 11) is 1.22. The van der Waals surface area contributed by atoms with Gasteiger partial charge in [0.2, 0.25) is 0 Å². The molecule has 0 aliphatic heterocycles. The Labute approximate surface area is 148 Å². The van der Waals surface area contributed by atoms with Crippen LogP contribution in [0.15, 0.2) is 48.5 Å². The van der Waals surface area contributed by atoms with Gasteiger partial charge in [-0.2, -0.15) is 0 Å². The van der Waals surface area contributed by atoms with Crippen LogP contribution in [0.5, 0.6) is 5.75 Å². The van der Waals surface area contributed by atoms with Gasteiger partial charge in [0.25, 0.3) is 5.91 Å². The third kappa shape index (κ3) is 5.30. The van der Waals surface area contributed by atoms with E-state index < -0.39 is 36.9 Å². The molecule has 0 spiro atoms. The molecule has 0 radical (unpaired) electrons. The lowest BCUT2D eigenvalue weighted by molar-refractivity contribution is -0.149. The molecule has 0 unspecified atom stereocenters. The molecule has 0 saturated heterocycles. The van der Waals surface area contributed by atoms with Crippen LogP contribution in [0, 0.1) is 5.82 Å². The van der Waals surface area contributed by atoms with Crippen molar-refractivity contribution in [2.45, 2.75) is 0 Å². The zero-order valence-corrected chi connectivity index (χ0v) is 13.9. The van der Waals surface area contributed by atoms with E-state index in [1.807, 2.05) is 0 Å². The lowest BCUT2D eigenvalue weighted by atomic mass is 10.2. The summed E-state index contributed by atoms with van der Waals surface area (Å²) < 4.78 is 27.7. The van der Waals surface area contributed by atoms with Crippen LogP contribution in [0.1, 0.15) is 10.4 Å². The molecule has 0 bridgehead atoms. The smallest absolute Gasteiger partial charge is 0.344 e. The molecular weight excluding hydrogens is 345 g/mol. The van der Waals surface area contributed by atoms with Gasteiger partial charge in [-0.3, -0.25) is 4.79 Å². The van der Waals surface area contributed by atoms with Gasteiger partial charge < -0.3 is 19.5 Å². The van der Waals surface area contributed by atoms with Gasteiger partial charge in [0.05, 0.1) is 18.4 Å². The van der Waals surface area contributed by atoms with E-state index in [1.165, 1.54) is 37.4 Å². The Morgan fingerprint density at radius 2 is 1.69 bits per heavy atom. The number of anilines is 1. The van der Waals surface area contributed by atoms with E-state index in [1.54, 1.807) is 18.2 Å². The number of carbonyl (C=O) groups is 3. The van der Waals surface area contributed by atoms with E-state index in [0.717, 1.165) is 0 Å². The molecule has 2 aromatic rings. The number of ether oxygens (including phenoxy) is 3. The minimum atomic E-state index is -0.843. The maximum atomic E-state index is 13.3. The Morgan fingerprint density at radius 3 is 2.42 bits per heavy atom. The molecule has 1 amide bonds. The third-order valence-electron chi connectivity index (χ3n) is 3.15. The van der Waals surface area contributed by atoms with Crippen LogP contribution in [0.4, 0.5) is 10.1 Å². The Bertz CT molecular complexity index is 808. The molecule has 0 atom stereocenters. The Hall–Kier alpha value is -3.42. The Balaban J connectivity index is 1.83. The number of methoxy groups -OCH3 is 1. The summed E-state index contributed by atoms with van der Waals surface area (Å²) in [5, 5.41) is 2.45.